The first-order chi connectivity index (χ1) is 10.2. The monoisotopic (exact) mass is 293 g/mol. The molecule has 1 amide bonds. The largest absolute Gasteiger partial charge is 0.497 e. The molecule has 1 saturated carbocycles. The van der Waals surface area contributed by atoms with Gasteiger partial charge in [0.05, 0.1) is 13.2 Å². The van der Waals surface area contributed by atoms with E-state index in [2.05, 4.69) is 5.32 Å². The van der Waals surface area contributed by atoms with Crippen LogP contribution in [-0.4, -0.2) is 37.4 Å². The van der Waals surface area contributed by atoms with Crippen LogP contribution in [0.5, 0.6) is 11.5 Å². The Hall–Kier alpha value is -1.75. The zero-order chi connectivity index (χ0) is 15.1. The van der Waals surface area contributed by atoms with E-state index in [1.54, 1.807) is 31.4 Å². The highest BCUT2D eigenvalue weighted by atomic mass is 16.5. The molecule has 0 radical (unpaired) electrons. The molecule has 0 spiro atoms. The van der Waals surface area contributed by atoms with E-state index in [4.69, 9.17) is 9.47 Å². The average molecular weight is 293 g/mol. The summed E-state index contributed by atoms with van der Waals surface area (Å²) < 4.78 is 10.5. The Labute approximate surface area is 125 Å². The van der Waals surface area contributed by atoms with Crippen molar-refractivity contribution in [1.29, 1.82) is 0 Å². The molecule has 0 aliphatic heterocycles. The standard InChI is InChI=1S/C16H23NO4/c1-20-13-6-8-14(9-7-13)21-11-16(19)17-10-12-4-2-3-5-15(12)18/h6-9,12,15,18H,2-5,10-11H2,1H3,(H,17,19). The fourth-order valence-electron chi connectivity index (χ4n) is 2.54. The van der Waals surface area contributed by atoms with Crippen LogP contribution >= 0.6 is 0 Å². The second-order valence-electron chi connectivity index (χ2n) is 5.38. The van der Waals surface area contributed by atoms with Crippen LogP contribution in [0.2, 0.25) is 0 Å². The third kappa shape index (κ3) is 4.93. The Morgan fingerprint density at radius 1 is 1.24 bits per heavy atom. The number of carbonyl (C=O) groups excluding carboxylic acids is 1. The topological polar surface area (TPSA) is 67.8 Å². The predicted octanol–water partition coefficient (Wildman–Crippen LogP) is 1.74. The summed E-state index contributed by atoms with van der Waals surface area (Å²) in [7, 11) is 1.60. The summed E-state index contributed by atoms with van der Waals surface area (Å²) in [6, 6.07) is 7.09. The van der Waals surface area contributed by atoms with Crippen LogP contribution in [0.15, 0.2) is 24.3 Å². The van der Waals surface area contributed by atoms with E-state index < -0.39 is 0 Å². The number of benzene rings is 1. The molecule has 0 heterocycles. The Balaban J connectivity index is 1.69. The molecule has 1 aliphatic rings. The van der Waals surface area contributed by atoms with Crippen LogP contribution in [0.4, 0.5) is 0 Å². The molecule has 0 aromatic heterocycles. The van der Waals surface area contributed by atoms with Crippen molar-refractivity contribution in [1.82, 2.24) is 5.32 Å². The van der Waals surface area contributed by atoms with Crippen molar-refractivity contribution < 1.29 is 19.4 Å². The lowest BCUT2D eigenvalue weighted by Gasteiger charge is -2.27. The van der Waals surface area contributed by atoms with E-state index in [-0.39, 0.29) is 24.5 Å². The van der Waals surface area contributed by atoms with Crippen molar-refractivity contribution in [3.63, 3.8) is 0 Å². The van der Waals surface area contributed by atoms with Crippen molar-refractivity contribution in [2.45, 2.75) is 31.8 Å². The van der Waals surface area contributed by atoms with E-state index in [1.165, 1.54) is 0 Å². The number of nitrogens with one attached hydrogen (secondary N) is 1. The van der Waals surface area contributed by atoms with Crippen molar-refractivity contribution in [2.75, 3.05) is 20.3 Å². The van der Waals surface area contributed by atoms with Gasteiger partial charge in [-0.25, -0.2) is 0 Å². The third-order valence-corrected chi connectivity index (χ3v) is 3.86. The summed E-state index contributed by atoms with van der Waals surface area (Å²) in [4.78, 5) is 11.7. The van der Waals surface area contributed by atoms with E-state index in [0.29, 0.717) is 12.3 Å². The minimum Gasteiger partial charge on any atom is -0.497 e. The summed E-state index contributed by atoms with van der Waals surface area (Å²) in [6.45, 7) is 0.501. The number of aliphatic hydroxyl groups excluding tert-OH is 1. The van der Waals surface area contributed by atoms with Gasteiger partial charge in [-0.05, 0) is 37.1 Å². The molecular weight excluding hydrogens is 270 g/mol. The van der Waals surface area contributed by atoms with Gasteiger partial charge in [-0.15, -0.1) is 0 Å². The molecule has 21 heavy (non-hydrogen) atoms. The highest BCUT2D eigenvalue weighted by Crippen LogP contribution is 2.23. The Kier molecular flexibility index (Phi) is 5.87. The maximum atomic E-state index is 11.7. The number of ether oxygens (including phenoxy) is 2. The summed E-state index contributed by atoms with van der Waals surface area (Å²) in [6.07, 6.45) is 3.72. The summed E-state index contributed by atoms with van der Waals surface area (Å²) >= 11 is 0. The molecule has 2 unspecified atom stereocenters. The number of aliphatic hydroxyl groups is 1. The molecular formula is C16H23NO4. The quantitative estimate of drug-likeness (QED) is 0.838. The lowest BCUT2D eigenvalue weighted by molar-refractivity contribution is -0.123. The highest BCUT2D eigenvalue weighted by molar-refractivity contribution is 5.77. The van der Waals surface area contributed by atoms with Crippen molar-refractivity contribution in [3.8, 4) is 11.5 Å². The zero-order valence-corrected chi connectivity index (χ0v) is 12.4. The van der Waals surface area contributed by atoms with Crippen LogP contribution < -0.4 is 14.8 Å². The van der Waals surface area contributed by atoms with Crippen LogP contribution in [0.3, 0.4) is 0 Å². The van der Waals surface area contributed by atoms with Crippen LogP contribution in [-0.2, 0) is 4.79 Å². The van der Waals surface area contributed by atoms with E-state index in [9.17, 15) is 9.90 Å². The normalized spacial score (nSPS) is 21.6. The predicted molar refractivity (Wildman–Crippen MR) is 79.5 cm³/mol. The first-order valence-electron chi connectivity index (χ1n) is 7.40. The fourth-order valence-corrected chi connectivity index (χ4v) is 2.54. The van der Waals surface area contributed by atoms with Gasteiger partial charge in [0.15, 0.2) is 6.61 Å². The van der Waals surface area contributed by atoms with Gasteiger partial charge in [0, 0.05) is 12.5 Å². The van der Waals surface area contributed by atoms with Gasteiger partial charge >= 0.3 is 0 Å². The molecule has 2 atom stereocenters. The van der Waals surface area contributed by atoms with Gasteiger partial charge in [-0.1, -0.05) is 12.8 Å². The second kappa shape index (κ2) is 7.88. The molecule has 1 aliphatic carbocycles. The minimum atomic E-state index is -0.290. The Morgan fingerprint density at radius 2 is 1.90 bits per heavy atom. The first kappa shape index (κ1) is 15.6. The third-order valence-electron chi connectivity index (χ3n) is 3.86. The van der Waals surface area contributed by atoms with E-state index in [1.807, 2.05) is 0 Å². The number of carbonyl (C=O) groups is 1. The molecule has 2 N–H and O–H groups in total. The van der Waals surface area contributed by atoms with Gasteiger partial charge in [0.25, 0.3) is 5.91 Å². The molecule has 1 aromatic carbocycles. The number of rotatable bonds is 6. The molecule has 0 bridgehead atoms. The zero-order valence-electron chi connectivity index (χ0n) is 12.4. The summed E-state index contributed by atoms with van der Waals surface area (Å²) in [5.41, 5.74) is 0. The highest BCUT2D eigenvalue weighted by Gasteiger charge is 2.23. The molecule has 5 nitrogen and oxygen atoms in total. The molecule has 2 rings (SSSR count). The van der Waals surface area contributed by atoms with Crippen LogP contribution in [0.25, 0.3) is 0 Å². The summed E-state index contributed by atoms with van der Waals surface area (Å²) in [5, 5.41) is 12.7. The number of hydrogen-bond donors (Lipinski definition) is 2. The second-order valence-corrected chi connectivity index (χ2v) is 5.38. The fraction of sp³-hybridized carbons (Fsp3) is 0.562. The van der Waals surface area contributed by atoms with E-state index >= 15 is 0 Å². The van der Waals surface area contributed by atoms with Gasteiger partial charge in [-0.3, -0.25) is 4.79 Å². The Morgan fingerprint density at radius 3 is 2.57 bits per heavy atom. The molecule has 116 valence electrons. The van der Waals surface area contributed by atoms with Gasteiger partial charge in [-0.2, -0.15) is 0 Å². The average Bonchev–Trinajstić information content (AvgIpc) is 2.52. The Bertz CT molecular complexity index is 446. The van der Waals surface area contributed by atoms with Gasteiger partial charge in [0.2, 0.25) is 0 Å². The van der Waals surface area contributed by atoms with Crippen molar-refractivity contribution >= 4 is 5.91 Å². The minimum absolute atomic E-state index is 0.0187. The number of amides is 1. The number of methoxy groups -OCH3 is 1. The lowest BCUT2D eigenvalue weighted by atomic mass is 9.86. The lowest BCUT2D eigenvalue weighted by Crippen LogP contribution is -2.38. The summed E-state index contributed by atoms with van der Waals surface area (Å²) in [5.74, 6) is 1.38. The molecule has 1 aromatic rings. The SMILES string of the molecule is COc1ccc(OCC(=O)NCC2CCCCC2O)cc1. The van der Waals surface area contributed by atoms with Gasteiger partial charge in [0.1, 0.15) is 11.5 Å². The molecule has 5 heteroatoms. The molecule has 0 saturated heterocycles. The van der Waals surface area contributed by atoms with Crippen molar-refractivity contribution in [3.05, 3.63) is 24.3 Å². The first-order valence-corrected chi connectivity index (χ1v) is 7.40. The van der Waals surface area contributed by atoms with Crippen LogP contribution in [0.1, 0.15) is 25.7 Å². The number of hydrogen-bond acceptors (Lipinski definition) is 4. The molecule has 1 fully saturated rings. The maximum Gasteiger partial charge on any atom is 0.257 e. The smallest absolute Gasteiger partial charge is 0.257 e. The van der Waals surface area contributed by atoms with E-state index in [0.717, 1.165) is 31.4 Å². The van der Waals surface area contributed by atoms with Crippen LogP contribution in [0, 0.1) is 5.92 Å². The van der Waals surface area contributed by atoms with Crippen molar-refractivity contribution in [2.24, 2.45) is 5.92 Å². The maximum absolute atomic E-state index is 11.7. The van der Waals surface area contributed by atoms with Gasteiger partial charge < -0.3 is 19.9 Å².